The molecule has 1 aliphatic rings. The van der Waals surface area contributed by atoms with Crippen LogP contribution >= 0.6 is 0 Å². The van der Waals surface area contributed by atoms with E-state index in [0.717, 1.165) is 23.7 Å². The van der Waals surface area contributed by atoms with Crippen molar-refractivity contribution in [3.63, 3.8) is 0 Å². The van der Waals surface area contributed by atoms with Crippen LogP contribution in [-0.2, 0) is 0 Å². The number of hydrazine groups is 1. The number of pyridine rings is 1. The van der Waals surface area contributed by atoms with Gasteiger partial charge in [0.1, 0.15) is 0 Å². The first-order valence-electron chi connectivity index (χ1n) is 6.74. The topological polar surface area (TPSA) is 54.0 Å². The summed E-state index contributed by atoms with van der Waals surface area (Å²) < 4.78 is 0. The van der Waals surface area contributed by atoms with Gasteiger partial charge in [-0.2, -0.15) is 0 Å². The van der Waals surface area contributed by atoms with Gasteiger partial charge in [0.25, 0.3) is 5.91 Å². The van der Waals surface area contributed by atoms with Crippen LogP contribution in [0.25, 0.3) is 10.9 Å². The normalized spacial score (nSPS) is 15.8. The van der Waals surface area contributed by atoms with Crippen molar-refractivity contribution < 1.29 is 4.79 Å². The number of hydrogen-bond acceptors (Lipinski definition) is 3. The summed E-state index contributed by atoms with van der Waals surface area (Å²) in [6.07, 6.45) is 6.43. The number of benzene rings is 1. The van der Waals surface area contributed by atoms with Crippen molar-refractivity contribution in [1.29, 1.82) is 0 Å². The lowest BCUT2D eigenvalue weighted by Gasteiger charge is -2.13. The quantitative estimate of drug-likeness (QED) is 0.828. The molecular weight excluding hydrogens is 238 g/mol. The Labute approximate surface area is 112 Å². The number of rotatable bonds is 3. The van der Waals surface area contributed by atoms with E-state index in [1.165, 1.54) is 12.8 Å². The van der Waals surface area contributed by atoms with E-state index in [-0.39, 0.29) is 5.91 Å². The van der Waals surface area contributed by atoms with E-state index in [1.54, 1.807) is 12.3 Å². The summed E-state index contributed by atoms with van der Waals surface area (Å²) in [5.74, 6) is -0.0921. The highest BCUT2D eigenvalue weighted by molar-refractivity contribution is 6.05. The van der Waals surface area contributed by atoms with Gasteiger partial charge in [0, 0.05) is 17.6 Å². The fraction of sp³-hybridized carbons (Fsp3) is 0.333. The maximum Gasteiger partial charge on any atom is 0.266 e. The largest absolute Gasteiger partial charge is 0.287 e. The number of nitrogens with zero attached hydrogens (tertiary/aromatic N) is 1. The fourth-order valence-electron chi connectivity index (χ4n) is 2.60. The van der Waals surface area contributed by atoms with Gasteiger partial charge in [-0.25, -0.2) is 5.43 Å². The van der Waals surface area contributed by atoms with Gasteiger partial charge in [0.15, 0.2) is 0 Å². The SMILES string of the molecule is O=C(NNC1CCCC1)c1ccnc2ccccc12. The molecule has 0 atom stereocenters. The molecule has 98 valence electrons. The maximum absolute atomic E-state index is 12.2. The van der Waals surface area contributed by atoms with E-state index in [1.807, 2.05) is 24.3 Å². The zero-order valence-corrected chi connectivity index (χ0v) is 10.7. The highest BCUT2D eigenvalue weighted by Crippen LogP contribution is 2.18. The monoisotopic (exact) mass is 255 g/mol. The summed E-state index contributed by atoms with van der Waals surface area (Å²) >= 11 is 0. The molecule has 0 radical (unpaired) electrons. The molecule has 1 aromatic heterocycles. The number of hydrogen-bond donors (Lipinski definition) is 2. The Bertz CT molecular complexity index is 585. The molecule has 3 rings (SSSR count). The van der Waals surface area contributed by atoms with Gasteiger partial charge in [-0.1, -0.05) is 31.0 Å². The first-order chi connectivity index (χ1) is 9.34. The highest BCUT2D eigenvalue weighted by atomic mass is 16.2. The number of para-hydroxylation sites is 1. The van der Waals surface area contributed by atoms with E-state index in [9.17, 15) is 4.79 Å². The lowest BCUT2D eigenvalue weighted by Crippen LogP contribution is -2.43. The zero-order chi connectivity index (χ0) is 13.1. The van der Waals surface area contributed by atoms with Crippen molar-refractivity contribution in [1.82, 2.24) is 15.8 Å². The molecule has 1 saturated carbocycles. The van der Waals surface area contributed by atoms with E-state index in [0.29, 0.717) is 11.6 Å². The third kappa shape index (κ3) is 2.58. The third-order valence-corrected chi connectivity index (χ3v) is 3.64. The Morgan fingerprint density at radius 1 is 1.16 bits per heavy atom. The molecule has 1 amide bonds. The number of fused-ring (bicyclic) bond motifs is 1. The summed E-state index contributed by atoms with van der Waals surface area (Å²) in [7, 11) is 0. The second-order valence-corrected chi connectivity index (χ2v) is 4.96. The summed E-state index contributed by atoms with van der Waals surface area (Å²) in [6, 6.07) is 9.85. The molecule has 0 unspecified atom stereocenters. The van der Waals surface area contributed by atoms with Crippen LogP contribution < -0.4 is 10.9 Å². The minimum absolute atomic E-state index is 0.0921. The highest BCUT2D eigenvalue weighted by Gasteiger charge is 2.16. The molecule has 1 fully saturated rings. The molecule has 4 nitrogen and oxygen atoms in total. The van der Waals surface area contributed by atoms with Crippen molar-refractivity contribution in [3.8, 4) is 0 Å². The minimum atomic E-state index is -0.0921. The number of amides is 1. The van der Waals surface area contributed by atoms with Gasteiger partial charge in [0.2, 0.25) is 0 Å². The van der Waals surface area contributed by atoms with Gasteiger partial charge in [-0.15, -0.1) is 0 Å². The molecule has 0 spiro atoms. The Hall–Kier alpha value is -1.94. The number of aromatic nitrogens is 1. The summed E-state index contributed by atoms with van der Waals surface area (Å²) in [4.78, 5) is 16.5. The standard InChI is InChI=1S/C15H17N3O/c19-15(18-17-11-5-1-2-6-11)13-9-10-16-14-8-4-3-7-12(13)14/h3-4,7-11,17H,1-2,5-6H2,(H,18,19). The van der Waals surface area contributed by atoms with Gasteiger partial charge >= 0.3 is 0 Å². The van der Waals surface area contributed by atoms with E-state index >= 15 is 0 Å². The van der Waals surface area contributed by atoms with Crippen molar-refractivity contribution in [3.05, 3.63) is 42.1 Å². The molecule has 1 heterocycles. The Morgan fingerprint density at radius 3 is 2.79 bits per heavy atom. The van der Waals surface area contributed by atoms with Gasteiger partial charge in [-0.3, -0.25) is 15.2 Å². The Balaban J connectivity index is 1.77. The molecule has 1 aromatic carbocycles. The molecule has 2 aromatic rings. The molecule has 1 aliphatic carbocycles. The van der Waals surface area contributed by atoms with Crippen LogP contribution in [0.15, 0.2) is 36.5 Å². The summed E-state index contributed by atoms with van der Waals surface area (Å²) in [5, 5.41) is 0.885. The lowest BCUT2D eigenvalue weighted by atomic mass is 10.1. The fourth-order valence-corrected chi connectivity index (χ4v) is 2.60. The molecule has 0 bridgehead atoms. The lowest BCUT2D eigenvalue weighted by molar-refractivity contribution is 0.0927. The van der Waals surface area contributed by atoms with Crippen LogP contribution in [-0.4, -0.2) is 16.9 Å². The van der Waals surface area contributed by atoms with Crippen LogP contribution in [0, 0.1) is 0 Å². The van der Waals surface area contributed by atoms with Crippen molar-refractivity contribution in [2.45, 2.75) is 31.7 Å². The van der Waals surface area contributed by atoms with E-state index < -0.39 is 0 Å². The molecule has 0 aliphatic heterocycles. The Kier molecular flexibility index (Phi) is 3.42. The predicted molar refractivity (Wildman–Crippen MR) is 74.6 cm³/mol. The number of carbonyl (C=O) groups is 1. The minimum Gasteiger partial charge on any atom is -0.287 e. The average Bonchev–Trinajstić information content (AvgIpc) is 2.97. The second-order valence-electron chi connectivity index (χ2n) is 4.96. The maximum atomic E-state index is 12.2. The molecule has 2 N–H and O–H groups in total. The van der Waals surface area contributed by atoms with Crippen molar-refractivity contribution >= 4 is 16.8 Å². The van der Waals surface area contributed by atoms with E-state index in [4.69, 9.17) is 0 Å². The van der Waals surface area contributed by atoms with Gasteiger partial charge < -0.3 is 0 Å². The average molecular weight is 255 g/mol. The first kappa shape index (κ1) is 12.1. The van der Waals surface area contributed by atoms with Crippen LogP contribution in [0.1, 0.15) is 36.0 Å². The number of carbonyl (C=O) groups excluding carboxylic acids is 1. The molecule has 19 heavy (non-hydrogen) atoms. The van der Waals surface area contributed by atoms with Crippen molar-refractivity contribution in [2.75, 3.05) is 0 Å². The van der Waals surface area contributed by atoms with Crippen LogP contribution in [0.4, 0.5) is 0 Å². The molecular formula is C15H17N3O. The van der Waals surface area contributed by atoms with Crippen LogP contribution in [0.5, 0.6) is 0 Å². The second kappa shape index (κ2) is 5.36. The van der Waals surface area contributed by atoms with Crippen LogP contribution in [0.2, 0.25) is 0 Å². The van der Waals surface area contributed by atoms with Gasteiger partial charge in [0.05, 0.1) is 11.1 Å². The number of nitrogens with one attached hydrogen (secondary N) is 2. The third-order valence-electron chi connectivity index (χ3n) is 3.64. The first-order valence-corrected chi connectivity index (χ1v) is 6.74. The molecule has 0 saturated heterocycles. The Morgan fingerprint density at radius 2 is 1.95 bits per heavy atom. The molecule has 4 heteroatoms. The van der Waals surface area contributed by atoms with Gasteiger partial charge in [-0.05, 0) is 25.0 Å². The van der Waals surface area contributed by atoms with Crippen molar-refractivity contribution in [2.24, 2.45) is 0 Å². The van der Waals surface area contributed by atoms with E-state index in [2.05, 4.69) is 15.8 Å². The predicted octanol–water partition coefficient (Wildman–Crippen LogP) is 2.41. The summed E-state index contributed by atoms with van der Waals surface area (Å²) in [6.45, 7) is 0. The zero-order valence-electron chi connectivity index (χ0n) is 10.7. The smallest absolute Gasteiger partial charge is 0.266 e. The summed E-state index contributed by atoms with van der Waals surface area (Å²) in [5.41, 5.74) is 7.45. The van der Waals surface area contributed by atoms with Crippen LogP contribution in [0.3, 0.4) is 0 Å².